The van der Waals surface area contributed by atoms with E-state index in [1.165, 1.54) is 23.2 Å². The van der Waals surface area contributed by atoms with Gasteiger partial charge in [-0.25, -0.2) is 10.5 Å². The van der Waals surface area contributed by atoms with E-state index in [1.54, 1.807) is 6.20 Å². The molecule has 0 atom stereocenters. The molecule has 0 aliphatic rings. The molecule has 0 aliphatic carbocycles. The van der Waals surface area contributed by atoms with E-state index in [9.17, 15) is 4.79 Å². The molecule has 0 unspecified atom stereocenters. The molecule has 0 spiro atoms. The molecule has 7 heteroatoms. The first kappa shape index (κ1) is 16.8. The molecular weight excluding hydrogens is 318 g/mol. The highest BCUT2D eigenvalue weighted by molar-refractivity contribution is 5.90. The van der Waals surface area contributed by atoms with Crippen molar-refractivity contribution >= 4 is 23.0 Å². The van der Waals surface area contributed by atoms with E-state index in [0.29, 0.717) is 12.2 Å². The minimum Gasteiger partial charge on any atom is -0.346 e. The van der Waals surface area contributed by atoms with Gasteiger partial charge in [-0.2, -0.15) is 0 Å². The molecule has 7 nitrogen and oxygen atoms in total. The molecule has 0 bridgehead atoms. The van der Waals surface area contributed by atoms with Gasteiger partial charge in [0.25, 0.3) is 5.91 Å². The Bertz CT molecular complexity index is 871. The van der Waals surface area contributed by atoms with E-state index in [2.05, 4.69) is 26.3 Å². The third-order valence-electron chi connectivity index (χ3n) is 3.74. The standard InChI is InChI=1S/C18H19N5O2/c24-17(23-25)4-3-16-2-1-14(12-21-16)10-19-7-5-13-9-15-6-8-20-18(15)22-11-13/h1-4,6,8-9,11-12,19,25H,5,7,10H2,(H,20,22)(H,23,24)/b4-3+. The van der Waals surface area contributed by atoms with Crippen molar-refractivity contribution in [3.05, 3.63) is 65.8 Å². The van der Waals surface area contributed by atoms with Gasteiger partial charge in [0.1, 0.15) is 5.65 Å². The largest absolute Gasteiger partial charge is 0.346 e. The van der Waals surface area contributed by atoms with Crippen LogP contribution in [0.25, 0.3) is 17.1 Å². The molecule has 3 aromatic rings. The second-order valence-corrected chi connectivity index (χ2v) is 5.59. The maximum Gasteiger partial charge on any atom is 0.267 e. The average molecular weight is 337 g/mol. The van der Waals surface area contributed by atoms with Crippen LogP contribution in [0.5, 0.6) is 0 Å². The average Bonchev–Trinajstić information content (AvgIpc) is 3.12. The Morgan fingerprint density at radius 1 is 1.20 bits per heavy atom. The van der Waals surface area contributed by atoms with E-state index in [0.717, 1.165) is 29.6 Å². The Kier molecular flexibility index (Phi) is 5.50. The fourth-order valence-corrected chi connectivity index (χ4v) is 2.42. The summed E-state index contributed by atoms with van der Waals surface area (Å²) in [7, 11) is 0. The SMILES string of the molecule is O=C(/C=C/c1ccc(CNCCc2cnc3[nH]ccc3c2)cn1)NO. The van der Waals surface area contributed by atoms with Crippen molar-refractivity contribution in [1.82, 2.24) is 25.7 Å². The van der Waals surface area contributed by atoms with Gasteiger partial charge < -0.3 is 10.3 Å². The minimum atomic E-state index is -0.583. The smallest absolute Gasteiger partial charge is 0.267 e. The van der Waals surface area contributed by atoms with Crippen LogP contribution in [0.2, 0.25) is 0 Å². The molecule has 25 heavy (non-hydrogen) atoms. The zero-order chi connectivity index (χ0) is 17.5. The number of amides is 1. The third-order valence-corrected chi connectivity index (χ3v) is 3.74. The van der Waals surface area contributed by atoms with Gasteiger partial charge in [-0.15, -0.1) is 0 Å². The number of hydrogen-bond acceptors (Lipinski definition) is 5. The molecule has 0 radical (unpaired) electrons. The number of carbonyl (C=O) groups excluding carboxylic acids is 1. The monoisotopic (exact) mass is 337 g/mol. The van der Waals surface area contributed by atoms with E-state index in [-0.39, 0.29) is 0 Å². The molecule has 4 N–H and O–H groups in total. The van der Waals surface area contributed by atoms with E-state index < -0.39 is 5.91 Å². The van der Waals surface area contributed by atoms with E-state index in [1.807, 2.05) is 30.6 Å². The summed E-state index contributed by atoms with van der Waals surface area (Å²) in [6.45, 7) is 1.56. The zero-order valence-electron chi connectivity index (χ0n) is 13.6. The topological polar surface area (TPSA) is 103 Å². The first-order chi connectivity index (χ1) is 12.2. The maximum absolute atomic E-state index is 10.9. The zero-order valence-corrected chi connectivity index (χ0v) is 13.6. The predicted octanol–water partition coefficient (Wildman–Crippen LogP) is 1.81. The lowest BCUT2D eigenvalue weighted by Gasteiger charge is -2.05. The fourth-order valence-electron chi connectivity index (χ4n) is 2.42. The van der Waals surface area contributed by atoms with Crippen LogP contribution in [0.15, 0.2) is 48.9 Å². The molecule has 3 heterocycles. The number of hydroxylamine groups is 1. The van der Waals surface area contributed by atoms with Gasteiger partial charge in [0.15, 0.2) is 0 Å². The quantitative estimate of drug-likeness (QED) is 0.228. The minimum absolute atomic E-state index is 0.583. The Morgan fingerprint density at radius 2 is 2.08 bits per heavy atom. The van der Waals surface area contributed by atoms with Crippen molar-refractivity contribution in [2.75, 3.05) is 6.54 Å². The Hall–Kier alpha value is -3.03. The molecular formula is C18H19N5O2. The molecule has 0 aliphatic heterocycles. The number of rotatable bonds is 7. The van der Waals surface area contributed by atoms with Crippen LogP contribution in [0, 0.1) is 0 Å². The van der Waals surface area contributed by atoms with Gasteiger partial charge in [0.2, 0.25) is 0 Å². The summed E-state index contributed by atoms with van der Waals surface area (Å²) in [4.78, 5) is 22.6. The van der Waals surface area contributed by atoms with E-state index >= 15 is 0 Å². The van der Waals surface area contributed by atoms with Crippen molar-refractivity contribution in [3.8, 4) is 0 Å². The van der Waals surface area contributed by atoms with Crippen LogP contribution < -0.4 is 10.8 Å². The summed E-state index contributed by atoms with van der Waals surface area (Å²) in [6.07, 6.45) is 9.20. The highest BCUT2D eigenvalue weighted by Crippen LogP contribution is 2.11. The van der Waals surface area contributed by atoms with Crippen LogP contribution in [-0.2, 0) is 17.8 Å². The molecule has 0 saturated carbocycles. The number of H-pyrrole nitrogens is 1. The maximum atomic E-state index is 10.9. The van der Waals surface area contributed by atoms with Crippen molar-refractivity contribution in [1.29, 1.82) is 0 Å². The van der Waals surface area contributed by atoms with Crippen LogP contribution in [0.3, 0.4) is 0 Å². The first-order valence-corrected chi connectivity index (χ1v) is 7.94. The first-order valence-electron chi connectivity index (χ1n) is 7.94. The second-order valence-electron chi connectivity index (χ2n) is 5.59. The van der Waals surface area contributed by atoms with Crippen LogP contribution in [0.1, 0.15) is 16.8 Å². The number of nitrogens with one attached hydrogen (secondary N) is 3. The summed E-state index contributed by atoms with van der Waals surface area (Å²) >= 11 is 0. The number of hydrogen-bond donors (Lipinski definition) is 4. The van der Waals surface area contributed by atoms with Gasteiger partial charge in [-0.3, -0.25) is 15.0 Å². The second kappa shape index (κ2) is 8.18. The van der Waals surface area contributed by atoms with Crippen molar-refractivity contribution in [2.24, 2.45) is 0 Å². The van der Waals surface area contributed by atoms with Gasteiger partial charge in [0.05, 0.1) is 5.69 Å². The Balaban J connectivity index is 1.45. The van der Waals surface area contributed by atoms with Crippen LogP contribution in [-0.4, -0.2) is 32.6 Å². The Labute approximate surface area is 144 Å². The van der Waals surface area contributed by atoms with Gasteiger partial charge >= 0.3 is 0 Å². The number of fused-ring (bicyclic) bond motifs is 1. The summed E-state index contributed by atoms with van der Waals surface area (Å²) in [5, 5.41) is 12.9. The molecule has 3 rings (SSSR count). The molecule has 128 valence electrons. The van der Waals surface area contributed by atoms with Crippen LogP contribution >= 0.6 is 0 Å². The van der Waals surface area contributed by atoms with E-state index in [4.69, 9.17) is 5.21 Å². The number of aromatic nitrogens is 3. The predicted molar refractivity (Wildman–Crippen MR) is 94.7 cm³/mol. The van der Waals surface area contributed by atoms with Gasteiger partial charge in [-0.05, 0) is 48.4 Å². The van der Waals surface area contributed by atoms with Crippen molar-refractivity contribution < 1.29 is 10.0 Å². The molecule has 3 aromatic heterocycles. The molecule has 1 amide bonds. The lowest BCUT2D eigenvalue weighted by atomic mass is 10.2. The van der Waals surface area contributed by atoms with Crippen molar-refractivity contribution in [2.45, 2.75) is 13.0 Å². The molecule has 0 fully saturated rings. The molecule has 0 aromatic carbocycles. The van der Waals surface area contributed by atoms with Gasteiger partial charge in [-0.1, -0.05) is 6.07 Å². The summed E-state index contributed by atoms with van der Waals surface area (Å²) in [5.41, 5.74) is 5.35. The molecule has 0 saturated heterocycles. The highest BCUT2D eigenvalue weighted by atomic mass is 16.5. The van der Waals surface area contributed by atoms with Gasteiger partial charge in [0, 0.05) is 36.6 Å². The Morgan fingerprint density at radius 3 is 2.88 bits per heavy atom. The lowest BCUT2D eigenvalue weighted by Crippen LogP contribution is -2.17. The van der Waals surface area contributed by atoms with Crippen molar-refractivity contribution in [3.63, 3.8) is 0 Å². The summed E-state index contributed by atoms with van der Waals surface area (Å²) in [6, 6.07) is 7.93. The van der Waals surface area contributed by atoms with Crippen LogP contribution in [0.4, 0.5) is 0 Å². The number of carbonyl (C=O) groups is 1. The summed E-state index contributed by atoms with van der Waals surface area (Å²) < 4.78 is 0. The normalized spacial score (nSPS) is 11.2. The highest BCUT2D eigenvalue weighted by Gasteiger charge is 2.00. The number of nitrogens with zero attached hydrogens (tertiary/aromatic N) is 2. The fraction of sp³-hybridized carbons (Fsp3) is 0.167. The number of aromatic amines is 1. The number of pyridine rings is 2. The lowest BCUT2D eigenvalue weighted by molar-refractivity contribution is -0.124. The summed E-state index contributed by atoms with van der Waals surface area (Å²) in [5.74, 6) is -0.583. The third kappa shape index (κ3) is 4.72.